The monoisotopic (exact) mass is 229 g/mol. The fourth-order valence-electron chi connectivity index (χ4n) is 0.811. The van der Waals surface area contributed by atoms with Gasteiger partial charge in [0.05, 0.1) is 7.11 Å². The number of hydrogen-bond donors (Lipinski definition) is 3. The Morgan fingerprint density at radius 2 is 2.25 bits per heavy atom. The Labute approximate surface area is 88.1 Å². The Kier molecular flexibility index (Phi) is 3.37. The second-order valence-corrected chi connectivity index (χ2v) is 2.43. The van der Waals surface area contributed by atoms with Gasteiger partial charge in [0.15, 0.2) is 6.33 Å². The van der Waals surface area contributed by atoms with Crippen LogP contribution < -0.4 is 10.9 Å². The lowest BCUT2D eigenvalue weighted by Crippen LogP contribution is -2.41. The van der Waals surface area contributed by atoms with Crippen molar-refractivity contribution in [3.63, 3.8) is 0 Å². The van der Waals surface area contributed by atoms with Crippen LogP contribution in [-0.4, -0.2) is 34.0 Å². The minimum atomic E-state index is -0.932. The van der Waals surface area contributed by atoms with Crippen LogP contribution in [0.1, 0.15) is 10.5 Å². The Balaban J connectivity index is 2.70. The van der Waals surface area contributed by atoms with Crippen LogP contribution in [0.5, 0.6) is 0 Å². The number of ether oxygens (including phenoxy) is 1. The average Bonchev–Trinajstić information content (AvgIpc) is 2.74. The van der Waals surface area contributed by atoms with Crippen molar-refractivity contribution in [1.29, 1.82) is 0 Å². The maximum Gasteiger partial charge on any atom is 0.425 e. The molecule has 3 N–H and O–H groups in total. The zero-order chi connectivity index (χ0) is 12.1. The van der Waals surface area contributed by atoms with Crippen LogP contribution in [0.25, 0.3) is 0 Å². The highest BCUT2D eigenvalue weighted by Gasteiger charge is 2.22. The first-order valence-corrected chi connectivity index (χ1v) is 3.88. The van der Waals surface area contributed by atoms with E-state index in [1.165, 1.54) is 0 Å². The smallest absolute Gasteiger partial charge is 0.425 e. The number of hydrogen-bond acceptors (Lipinski definition) is 6. The molecule has 1 rings (SSSR count). The molecule has 0 fully saturated rings. The number of amides is 2. The standard InChI is InChI=1S/C6H7N5O5/c1-16-6(13)10-9-5(12)3-4(11(14)15)8-2-7-3/h2H,1H3,(H,7,8)(H,9,12)(H,10,13). The first-order valence-electron chi connectivity index (χ1n) is 3.88. The number of nitrogens with zero attached hydrogens (tertiary/aromatic N) is 2. The minimum Gasteiger partial charge on any atom is -0.452 e. The van der Waals surface area contributed by atoms with Crippen molar-refractivity contribution in [2.24, 2.45) is 0 Å². The summed E-state index contributed by atoms with van der Waals surface area (Å²) >= 11 is 0. The molecular formula is C6H7N5O5. The van der Waals surface area contributed by atoms with Crippen LogP contribution in [0.4, 0.5) is 10.6 Å². The molecule has 0 radical (unpaired) electrons. The van der Waals surface area contributed by atoms with Gasteiger partial charge in [-0.2, -0.15) is 0 Å². The number of aromatic nitrogens is 2. The Morgan fingerprint density at radius 1 is 1.56 bits per heavy atom. The molecule has 0 aliphatic carbocycles. The van der Waals surface area contributed by atoms with Crippen LogP contribution in [0.3, 0.4) is 0 Å². The normalized spacial score (nSPS) is 9.31. The van der Waals surface area contributed by atoms with Gasteiger partial charge in [-0.3, -0.25) is 10.2 Å². The third kappa shape index (κ3) is 2.43. The van der Waals surface area contributed by atoms with Crippen molar-refractivity contribution >= 4 is 17.8 Å². The highest BCUT2D eigenvalue weighted by molar-refractivity contribution is 5.96. The first-order chi connectivity index (χ1) is 7.56. The number of methoxy groups -OCH3 is 1. The van der Waals surface area contributed by atoms with E-state index >= 15 is 0 Å². The van der Waals surface area contributed by atoms with E-state index < -0.39 is 28.4 Å². The lowest BCUT2D eigenvalue weighted by molar-refractivity contribution is -0.389. The summed E-state index contributed by atoms with van der Waals surface area (Å²) in [5.74, 6) is -1.50. The zero-order valence-corrected chi connectivity index (χ0v) is 8.01. The van der Waals surface area contributed by atoms with Crippen LogP contribution in [0, 0.1) is 10.1 Å². The van der Waals surface area contributed by atoms with E-state index in [1.54, 1.807) is 0 Å². The molecule has 1 aromatic rings. The Morgan fingerprint density at radius 3 is 2.81 bits per heavy atom. The van der Waals surface area contributed by atoms with Gasteiger partial charge in [0.1, 0.15) is 0 Å². The van der Waals surface area contributed by atoms with Crippen molar-refractivity contribution in [2.45, 2.75) is 0 Å². The number of nitrogens with one attached hydrogen (secondary N) is 3. The van der Waals surface area contributed by atoms with Gasteiger partial charge >= 0.3 is 11.9 Å². The van der Waals surface area contributed by atoms with Crippen molar-refractivity contribution < 1.29 is 19.2 Å². The lowest BCUT2D eigenvalue weighted by atomic mass is 10.4. The average molecular weight is 229 g/mol. The van der Waals surface area contributed by atoms with Crippen molar-refractivity contribution in [2.75, 3.05) is 7.11 Å². The molecule has 0 spiro atoms. The maximum absolute atomic E-state index is 11.3. The van der Waals surface area contributed by atoms with Crippen molar-refractivity contribution in [3.8, 4) is 0 Å². The molecule has 10 nitrogen and oxygen atoms in total. The zero-order valence-electron chi connectivity index (χ0n) is 8.01. The predicted octanol–water partition coefficient (Wildman–Crippen LogP) is -0.681. The van der Waals surface area contributed by atoms with Gasteiger partial charge in [0.25, 0.3) is 5.91 Å². The molecule has 0 unspecified atom stereocenters. The number of carbonyl (C=O) groups excluding carboxylic acids is 2. The minimum absolute atomic E-state index is 0.443. The molecule has 0 saturated carbocycles. The van der Waals surface area contributed by atoms with E-state index in [4.69, 9.17) is 0 Å². The van der Waals surface area contributed by atoms with Gasteiger partial charge in [-0.15, -0.1) is 0 Å². The van der Waals surface area contributed by atoms with Crippen LogP contribution in [-0.2, 0) is 4.74 Å². The first kappa shape index (κ1) is 11.4. The van der Waals surface area contributed by atoms with Gasteiger partial charge in [0.2, 0.25) is 5.69 Å². The summed E-state index contributed by atoms with van der Waals surface area (Å²) < 4.78 is 4.17. The molecule has 2 amide bonds. The fourth-order valence-corrected chi connectivity index (χ4v) is 0.811. The van der Waals surface area contributed by atoms with E-state index in [0.717, 1.165) is 13.4 Å². The molecule has 0 bridgehead atoms. The molecule has 86 valence electrons. The summed E-state index contributed by atoms with van der Waals surface area (Å²) in [6.45, 7) is 0. The lowest BCUT2D eigenvalue weighted by Gasteiger charge is -2.03. The van der Waals surface area contributed by atoms with Gasteiger partial charge in [-0.25, -0.2) is 20.2 Å². The van der Waals surface area contributed by atoms with Gasteiger partial charge < -0.3 is 14.9 Å². The quantitative estimate of drug-likeness (QED) is 0.453. The number of hydrazine groups is 1. The van der Waals surface area contributed by atoms with E-state index in [1.807, 2.05) is 10.9 Å². The topological polar surface area (TPSA) is 139 Å². The molecule has 0 saturated heterocycles. The SMILES string of the molecule is COC(=O)NNC(=O)c1nc[nH]c1[N+](=O)[O-]. The fraction of sp³-hybridized carbons (Fsp3) is 0.167. The van der Waals surface area contributed by atoms with Gasteiger partial charge in [-0.1, -0.05) is 0 Å². The van der Waals surface area contributed by atoms with Crippen LogP contribution in [0.2, 0.25) is 0 Å². The second kappa shape index (κ2) is 4.72. The summed E-state index contributed by atoms with van der Waals surface area (Å²) in [6.07, 6.45) is 0.0806. The van der Waals surface area contributed by atoms with Gasteiger partial charge in [0, 0.05) is 0 Å². The third-order valence-electron chi connectivity index (χ3n) is 1.48. The van der Waals surface area contributed by atoms with E-state index in [-0.39, 0.29) is 0 Å². The number of imidazole rings is 1. The predicted molar refractivity (Wildman–Crippen MR) is 48.2 cm³/mol. The molecule has 0 aliphatic rings. The highest BCUT2D eigenvalue weighted by atomic mass is 16.6. The Hall–Kier alpha value is -2.65. The summed E-state index contributed by atoms with van der Waals surface area (Å²) in [4.78, 5) is 37.1. The van der Waals surface area contributed by atoms with Crippen molar-refractivity contribution in [1.82, 2.24) is 20.8 Å². The van der Waals surface area contributed by atoms with Crippen LogP contribution >= 0.6 is 0 Å². The van der Waals surface area contributed by atoms with Crippen molar-refractivity contribution in [3.05, 3.63) is 22.1 Å². The number of aromatic amines is 1. The largest absolute Gasteiger partial charge is 0.452 e. The molecule has 0 atom stereocenters. The molecule has 1 heterocycles. The number of nitro groups is 1. The van der Waals surface area contributed by atoms with E-state index in [9.17, 15) is 19.7 Å². The number of carbonyl (C=O) groups is 2. The van der Waals surface area contributed by atoms with Gasteiger partial charge in [-0.05, 0) is 4.92 Å². The molecule has 10 heteroatoms. The highest BCUT2D eigenvalue weighted by Crippen LogP contribution is 2.11. The van der Waals surface area contributed by atoms with E-state index in [0.29, 0.717) is 0 Å². The number of rotatable bonds is 2. The second-order valence-electron chi connectivity index (χ2n) is 2.43. The molecule has 0 aromatic carbocycles. The molecular weight excluding hydrogens is 222 g/mol. The van der Waals surface area contributed by atoms with E-state index in [2.05, 4.69) is 14.7 Å². The summed E-state index contributed by atoms with van der Waals surface area (Å²) in [7, 11) is 1.10. The molecule has 1 aromatic heterocycles. The summed E-state index contributed by atoms with van der Waals surface area (Å²) in [5, 5.41) is 10.4. The number of H-pyrrole nitrogens is 1. The molecule has 16 heavy (non-hydrogen) atoms. The maximum atomic E-state index is 11.3. The van der Waals surface area contributed by atoms with Crippen LogP contribution in [0.15, 0.2) is 6.33 Å². The Bertz CT molecular complexity index is 427. The summed E-state index contributed by atoms with van der Waals surface area (Å²) in [6, 6.07) is 0. The third-order valence-corrected chi connectivity index (χ3v) is 1.48. The summed E-state index contributed by atoms with van der Waals surface area (Å²) in [5.41, 5.74) is 3.29. The molecule has 0 aliphatic heterocycles.